The second kappa shape index (κ2) is 4.58. The number of rotatable bonds is 2. The maximum absolute atomic E-state index is 12.2. The van der Waals surface area contributed by atoms with Crippen molar-refractivity contribution >= 4 is 17.5 Å². The van der Waals surface area contributed by atoms with E-state index in [-0.39, 0.29) is 0 Å². The summed E-state index contributed by atoms with van der Waals surface area (Å²) in [7, 11) is 0. The van der Waals surface area contributed by atoms with Crippen LogP contribution in [-0.4, -0.2) is 5.78 Å². The molecule has 0 saturated heterocycles. The number of benzene rings is 1. The van der Waals surface area contributed by atoms with Gasteiger partial charge in [-0.05, 0) is 55.6 Å². The molecular weight excluding hydrogens is 240 g/mol. The van der Waals surface area contributed by atoms with E-state index < -0.39 is 0 Å². The zero-order valence-electron chi connectivity index (χ0n) is 10.9. The minimum atomic E-state index is 0.330. The van der Waals surface area contributed by atoms with Gasteiger partial charge in [0.2, 0.25) is 0 Å². The molecule has 1 aromatic carbocycles. The standard InChI is InChI=1S/C16H18OS/c1-10-5-3-4-6-14(10)18-16-11(2)15(17)12-7-8-13(16)9-12/h3-6,12-13H,7-9H2,1-2H3. The summed E-state index contributed by atoms with van der Waals surface area (Å²) >= 11 is 1.82. The molecule has 0 radical (unpaired) electrons. The summed E-state index contributed by atoms with van der Waals surface area (Å²) < 4.78 is 0. The summed E-state index contributed by atoms with van der Waals surface area (Å²) in [6.45, 7) is 4.16. The third-order valence-corrected chi connectivity index (χ3v) is 5.76. The summed E-state index contributed by atoms with van der Waals surface area (Å²) in [6, 6.07) is 8.44. The predicted octanol–water partition coefficient (Wildman–Crippen LogP) is 4.36. The zero-order valence-corrected chi connectivity index (χ0v) is 11.7. The Bertz CT molecular complexity index is 530. The first-order valence-electron chi connectivity index (χ1n) is 6.65. The molecule has 1 aromatic rings. The average Bonchev–Trinajstić information content (AvgIpc) is 2.81. The van der Waals surface area contributed by atoms with Gasteiger partial charge in [-0.15, -0.1) is 0 Å². The number of allylic oxidation sites excluding steroid dienone is 2. The van der Waals surface area contributed by atoms with Crippen LogP contribution >= 0.6 is 11.8 Å². The molecule has 0 N–H and O–H groups in total. The van der Waals surface area contributed by atoms with Crippen LogP contribution in [0.15, 0.2) is 39.6 Å². The Morgan fingerprint density at radius 2 is 1.83 bits per heavy atom. The van der Waals surface area contributed by atoms with E-state index in [0.717, 1.165) is 18.4 Å². The van der Waals surface area contributed by atoms with Gasteiger partial charge in [-0.25, -0.2) is 0 Å². The van der Waals surface area contributed by atoms with Gasteiger partial charge < -0.3 is 0 Å². The van der Waals surface area contributed by atoms with Gasteiger partial charge in [0.1, 0.15) is 0 Å². The molecule has 0 amide bonds. The molecule has 2 aliphatic rings. The van der Waals surface area contributed by atoms with E-state index in [4.69, 9.17) is 0 Å². The van der Waals surface area contributed by atoms with Crippen LogP contribution in [0.4, 0.5) is 0 Å². The Labute approximate surface area is 113 Å². The fourth-order valence-electron chi connectivity index (χ4n) is 3.14. The largest absolute Gasteiger partial charge is 0.294 e. The molecule has 0 heterocycles. The number of hydrogen-bond donors (Lipinski definition) is 0. The van der Waals surface area contributed by atoms with Gasteiger partial charge >= 0.3 is 0 Å². The number of aryl methyl sites for hydroxylation is 1. The van der Waals surface area contributed by atoms with Crippen molar-refractivity contribution < 1.29 is 4.79 Å². The number of fused-ring (bicyclic) bond motifs is 2. The quantitative estimate of drug-likeness (QED) is 0.784. The Morgan fingerprint density at radius 3 is 2.61 bits per heavy atom. The van der Waals surface area contributed by atoms with E-state index in [1.807, 2.05) is 18.7 Å². The van der Waals surface area contributed by atoms with Crippen LogP contribution in [0.2, 0.25) is 0 Å². The first-order valence-corrected chi connectivity index (χ1v) is 7.47. The summed E-state index contributed by atoms with van der Waals surface area (Å²) in [5.74, 6) is 1.37. The van der Waals surface area contributed by atoms with Crippen molar-refractivity contribution in [2.75, 3.05) is 0 Å². The normalized spacial score (nSPS) is 26.9. The van der Waals surface area contributed by atoms with Crippen molar-refractivity contribution in [1.29, 1.82) is 0 Å². The van der Waals surface area contributed by atoms with E-state index in [1.165, 1.54) is 21.8 Å². The average molecular weight is 258 g/mol. The molecule has 3 rings (SSSR count). The van der Waals surface area contributed by atoms with E-state index in [1.54, 1.807) is 0 Å². The summed E-state index contributed by atoms with van der Waals surface area (Å²) in [6.07, 6.45) is 3.38. The molecule has 94 valence electrons. The molecule has 1 fully saturated rings. The van der Waals surface area contributed by atoms with Crippen LogP contribution in [0.3, 0.4) is 0 Å². The number of carbonyl (C=O) groups is 1. The van der Waals surface area contributed by atoms with Crippen molar-refractivity contribution in [2.45, 2.75) is 38.0 Å². The number of Topliss-reactive ketones (excluding diaryl/α,β-unsaturated/α-hetero) is 1. The molecule has 1 nitrogen and oxygen atoms in total. The highest BCUT2D eigenvalue weighted by Crippen LogP contribution is 2.49. The highest BCUT2D eigenvalue weighted by Gasteiger charge is 2.39. The van der Waals surface area contributed by atoms with E-state index in [9.17, 15) is 4.79 Å². The van der Waals surface area contributed by atoms with Gasteiger partial charge in [0, 0.05) is 16.4 Å². The summed E-state index contributed by atoms with van der Waals surface area (Å²) in [4.78, 5) is 14.8. The van der Waals surface area contributed by atoms with Crippen LogP contribution in [-0.2, 0) is 4.79 Å². The highest BCUT2D eigenvalue weighted by atomic mass is 32.2. The van der Waals surface area contributed by atoms with Gasteiger partial charge in [0.05, 0.1) is 0 Å². The second-order valence-corrected chi connectivity index (χ2v) is 6.51. The monoisotopic (exact) mass is 258 g/mol. The lowest BCUT2D eigenvalue weighted by Crippen LogP contribution is -2.19. The van der Waals surface area contributed by atoms with Crippen LogP contribution in [0, 0.1) is 18.8 Å². The van der Waals surface area contributed by atoms with Gasteiger partial charge in [0.15, 0.2) is 5.78 Å². The van der Waals surface area contributed by atoms with Crippen molar-refractivity contribution in [2.24, 2.45) is 11.8 Å². The fourth-order valence-corrected chi connectivity index (χ4v) is 4.39. The van der Waals surface area contributed by atoms with Gasteiger partial charge in [-0.3, -0.25) is 4.79 Å². The smallest absolute Gasteiger partial charge is 0.162 e. The maximum atomic E-state index is 12.2. The van der Waals surface area contributed by atoms with Crippen LogP contribution < -0.4 is 0 Å². The maximum Gasteiger partial charge on any atom is 0.162 e. The van der Waals surface area contributed by atoms with Crippen LogP contribution in [0.1, 0.15) is 31.7 Å². The Kier molecular flexibility index (Phi) is 3.06. The third-order valence-electron chi connectivity index (χ3n) is 4.23. The van der Waals surface area contributed by atoms with Crippen molar-refractivity contribution in [3.8, 4) is 0 Å². The van der Waals surface area contributed by atoms with Gasteiger partial charge in [-0.1, -0.05) is 30.0 Å². The van der Waals surface area contributed by atoms with E-state index >= 15 is 0 Å². The van der Waals surface area contributed by atoms with Crippen LogP contribution in [0.5, 0.6) is 0 Å². The number of hydrogen-bond acceptors (Lipinski definition) is 2. The summed E-state index contributed by atoms with van der Waals surface area (Å²) in [5, 5.41) is 0. The van der Waals surface area contributed by atoms with E-state index in [0.29, 0.717) is 17.6 Å². The Hall–Kier alpha value is -1.02. The van der Waals surface area contributed by atoms with Gasteiger partial charge in [-0.2, -0.15) is 0 Å². The Morgan fingerprint density at radius 1 is 1.11 bits per heavy atom. The molecular formula is C16H18OS. The SMILES string of the molecule is CC1=C(Sc2ccccc2C)C2CCC(C2)C1=O. The first kappa shape index (κ1) is 12.0. The number of thioether (sulfide) groups is 1. The minimum absolute atomic E-state index is 0.330. The lowest BCUT2D eigenvalue weighted by Gasteiger charge is -2.23. The zero-order chi connectivity index (χ0) is 12.7. The minimum Gasteiger partial charge on any atom is -0.294 e. The Balaban J connectivity index is 1.94. The topological polar surface area (TPSA) is 17.1 Å². The lowest BCUT2D eigenvalue weighted by molar-refractivity contribution is -0.119. The molecule has 2 heteroatoms. The third kappa shape index (κ3) is 1.93. The first-order chi connectivity index (χ1) is 8.66. The highest BCUT2D eigenvalue weighted by molar-refractivity contribution is 8.03. The molecule has 0 spiro atoms. The van der Waals surface area contributed by atoms with E-state index in [2.05, 4.69) is 31.2 Å². The van der Waals surface area contributed by atoms with Gasteiger partial charge in [0.25, 0.3) is 0 Å². The molecule has 18 heavy (non-hydrogen) atoms. The van der Waals surface area contributed by atoms with Crippen LogP contribution in [0.25, 0.3) is 0 Å². The molecule has 2 bridgehead atoms. The molecule has 1 saturated carbocycles. The fraction of sp³-hybridized carbons (Fsp3) is 0.438. The molecule has 2 unspecified atom stereocenters. The summed E-state index contributed by atoms with van der Waals surface area (Å²) in [5.41, 5.74) is 2.33. The molecule has 2 aliphatic carbocycles. The molecule has 2 atom stereocenters. The van der Waals surface area contributed by atoms with Crippen molar-refractivity contribution in [3.05, 3.63) is 40.3 Å². The number of carbonyl (C=O) groups excluding carboxylic acids is 1. The van der Waals surface area contributed by atoms with Crippen molar-refractivity contribution in [3.63, 3.8) is 0 Å². The molecule has 0 aliphatic heterocycles. The van der Waals surface area contributed by atoms with Crippen molar-refractivity contribution in [1.82, 2.24) is 0 Å². The molecule has 0 aromatic heterocycles. The number of ketones is 1. The second-order valence-electron chi connectivity index (χ2n) is 5.43. The predicted molar refractivity (Wildman–Crippen MR) is 75.6 cm³/mol. The lowest BCUT2D eigenvalue weighted by atomic mass is 9.89.